The Labute approximate surface area is 166 Å². The van der Waals surface area contributed by atoms with E-state index in [1.165, 1.54) is 5.56 Å². The van der Waals surface area contributed by atoms with Crippen LogP contribution >= 0.6 is 0 Å². The Morgan fingerprint density at radius 1 is 1.19 bits per heavy atom. The molecule has 1 N–H and O–H groups in total. The van der Waals surface area contributed by atoms with Gasteiger partial charge in [-0.1, -0.05) is 58.0 Å². The number of carbonyl (C=O) groups is 1. The number of carbonyl (C=O) groups excluding carboxylic acids is 1. The molecule has 1 aromatic carbocycles. The fourth-order valence-corrected chi connectivity index (χ4v) is 4.77. The number of nitrogens with one attached hydrogen (secondary N) is 1. The van der Waals surface area contributed by atoms with E-state index in [1.54, 1.807) is 0 Å². The summed E-state index contributed by atoms with van der Waals surface area (Å²) in [6, 6.07) is 11.4. The average molecular weight is 375 g/mol. The molecule has 0 bridgehead atoms. The zero-order valence-corrected chi connectivity index (χ0v) is 18.2. The van der Waals surface area contributed by atoms with E-state index in [-0.39, 0.29) is 0 Å². The summed E-state index contributed by atoms with van der Waals surface area (Å²) >= 11 is 0. The lowest BCUT2D eigenvalue weighted by molar-refractivity contribution is -0.934. The molecule has 1 aliphatic heterocycles. The zero-order chi connectivity index (χ0) is 20.0. The highest BCUT2D eigenvalue weighted by atomic mass is 16.2. The molecule has 1 aliphatic rings. The largest absolute Gasteiger partial charge is 0.329 e. The van der Waals surface area contributed by atoms with Gasteiger partial charge in [-0.15, -0.1) is 0 Å². The maximum atomic E-state index is 13.2. The summed E-state index contributed by atoms with van der Waals surface area (Å²) in [6.45, 7) is 12.6. The van der Waals surface area contributed by atoms with Gasteiger partial charge in [-0.05, 0) is 31.4 Å². The number of hydrogen-bond acceptors (Lipinski definition) is 2. The maximum Gasteiger partial charge on any atom is 0.278 e. The highest BCUT2D eigenvalue weighted by molar-refractivity contribution is 5.78. The van der Waals surface area contributed by atoms with Gasteiger partial charge in [-0.25, -0.2) is 0 Å². The van der Waals surface area contributed by atoms with E-state index in [9.17, 15) is 4.79 Å². The van der Waals surface area contributed by atoms with E-state index < -0.39 is 0 Å². The van der Waals surface area contributed by atoms with Gasteiger partial charge >= 0.3 is 0 Å². The van der Waals surface area contributed by atoms with E-state index in [1.807, 2.05) is 7.05 Å². The van der Waals surface area contributed by atoms with E-state index >= 15 is 0 Å². The molecule has 1 fully saturated rings. The average Bonchev–Trinajstić information content (AvgIpc) is 2.61. The molecule has 1 heterocycles. The molecule has 0 spiro atoms. The second kappa shape index (κ2) is 9.70. The predicted octanol–water partition coefficient (Wildman–Crippen LogP) is 3.18. The van der Waals surface area contributed by atoms with Gasteiger partial charge in [0, 0.05) is 19.0 Å². The summed E-state index contributed by atoms with van der Waals surface area (Å²) in [5, 5.41) is 3.35. The Hall–Kier alpha value is -1.39. The van der Waals surface area contributed by atoms with Crippen LogP contribution in [0.3, 0.4) is 0 Å². The molecule has 27 heavy (non-hydrogen) atoms. The Morgan fingerprint density at radius 3 is 2.41 bits per heavy atom. The molecule has 1 amide bonds. The number of piperazine rings is 1. The van der Waals surface area contributed by atoms with Gasteiger partial charge in [0.25, 0.3) is 5.91 Å². The van der Waals surface area contributed by atoms with E-state index in [4.69, 9.17) is 0 Å². The highest BCUT2D eigenvalue weighted by Crippen LogP contribution is 2.28. The molecule has 4 nitrogen and oxygen atoms in total. The third-order valence-electron chi connectivity index (χ3n) is 6.28. The standard InChI is InChI=1S/C23H40N3O/c1-18(2)21-16-26(6,22(15-24-5)19(3)4)17-23(27)25(21)14-10-13-20-11-8-7-9-12-20/h7-9,11-12,18-19,21-22,24H,10,13-17H2,1-6H3/q+1. The fourth-order valence-electron chi connectivity index (χ4n) is 4.77. The predicted molar refractivity (Wildman–Crippen MR) is 114 cm³/mol. The zero-order valence-electron chi connectivity index (χ0n) is 18.2. The van der Waals surface area contributed by atoms with E-state index in [0.717, 1.165) is 37.0 Å². The molecule has 0 aromatic heterocycles. The molecule has 0 aliphatic carbocycles. The second-order valence-electron chi connectivity index (χ2n) is 9.18. The van der Waals surface area contributed by atoms with Gasteiger partial charge < -0.3 is 14.7 Å². The van der Waals surface area contributed by atoms with Crippen LogP contribution in [0.5, 0.6) is 0 Å². The molecular formula is C23H40N3O+. The topological polar surface area (TPSA) is 32.3 Å². The first-order valence-electron chi connectivity index (χ1n) is 10.6. The van der Waals surface area contributed by atoms with Crippen molar-refractivity contribution < 1.29 is 9.28 Å². The highest BCUT2D eigenvalue weighted by Gasteiger charge is 2.46. The summed E-state index contributed by atoms with van der Waals surface area (Å²) in [5.74, 6) is 1.36. The molecule has 1 saturated heterocycles. The fraction of sp³-hybridized carbons (Fsp3) is 0.696. The van der Waals surface area contributed by atoms with Gasteiger partial charge in [-0.3, -0.25) is 4.79 Å². The third kappa shape index (κ3) is 5.55. The van der Waals surface area contributed by atoms with Crippen molar-refractivity contribution in [3.05, 3.63) is 35.9 Å². The number of quaternary nitrogens is 1. The van der Waals surface area contributed by atoms with Crippen LogP contribution < -0.4 is 5.32 Å². The molecule has 3 unspecified atom stereocenters. The smallest absolute Gasteiger partial charge is 0.278 e. The molecule has 3 atom stereocenters. The van der Waals surface area contributed by atoms with Crippen LogP contribution in [-0.4, -0.2) is 67.6 Å². The van der Waals surface area contributed by atoms with Crippen LogP contribution in [-0.2, 0) is 11.2 Å². The lowest BCUT2D eigenvalue weighted by Gasteiger charge is -2.52. The molecule has 4 heteroatoms. The second-order valence-corrected chi connectivity index (χ2v) is 9.18. The Balaban J connectivity index is 2.08. The first kappa shape index (κ1) is 21.9. The Bertz CT molecular complexity index is 587. The van der Waals surface area contributed by atoms with E-state index in [2.05, 4.69) is 75.3 Å². The maximum absolute atomic E-state index is 13.2. The van der Waals surface area contributed by atoms with Crippen molar-refractivity contribution in [1.29, 1.82) is 0 Å². The SMILES string of the molecule is CNCC(C(C)C)[N+]1(C)CC(=O)N(CCCc2ccccc2)C(C(C)C)C1. The van der Waals surface area contributed by atoms with Crippen LogP contribution in [0.1, 0.15) is 39.7 Å². The normalized spacial score (nSPS) is 24.7. The monoisotopic (exact) mass is 374 g/mol. The van der Waals surface area contributed by atoms with Gasteiger partial charge in [0.05, 0.1) is 13.1 Å². The lowest BCUT2D eigenvalue weighted by Crippen LogP contribution is -2.70. The Morgan fingerprint density at radius 2 is 1.85 bits per heavy atom. The minimum atomic E-state index is 0.324. The molecule has 2 rings (SSSR count). The van der Waals surface area contributed by atoms with Crippen molar-refractivity contribution >= 4 is 5.91 Å². The molecule has 1 aromatic rings. The summed E-state index contributed by atoms with van der Waals surface area (Å²) in [5.41, 5.74) is 1.36. The molecular weight excluding hydrogens is 334 g/mol. The number of nitrogens with zero attached hydrogens (tertiary/aromatic N) is 2. The minimum Gasteiger partial charge on any atom is -0.329 e. The number of rotatable bonds is 9. The number of aryl methyl sites for hydroxylation is 1. The van der Waals surface area contributed by atoms with Gasteiger partial charge in [0.2, 0.25) is 0 Å². The third-order valence-corrected chi connectivity index (χ3v) is 6.28. The van der Waals surface area contributed by atoms with Crippen molar-refractivity contribution in [3.8, 4) is 0 Å². The van der Waals surface area contributed by atoms with Crippen LogP contribution in [0, 0.1) is 11.8 Å². The van der Waals surface area contributed by atoms with E-state index in [0.29, 0.717) is 36.4 Å². The van der Waals surface area contributed by atoms with Crippen LogP contribution in [0.25, 0.3) is 0 Å². The van der Waals surface area contributed by atoms with Crippen molar-refractivity contribution in [3.63, 3.8) is 0 Å². The number of benzene rings is 1. The number of hydrogen-bond donors (Lipinski definition) is 1. The molecule has 0 radical (unpaired) electrons. The first-order chi connectivity index (χ1) is 12.8. The number of amides is 1. The summed E-state index contributed by atoms with van der Waals surface area (Å²) in [7, 11) is 4.31. The van der Waals surface area contributed by atoms with Crippen LogP contribution in [0.15, 0.2) is 30.3 Å². The van der Waals surface area contributed by atoms with Gasteiger partial charge in [-0.2, -0.15) is 0 Å². The lowest BCUT2D eigenvalue weighted by atomic mass is 9.92. The summed E-state index contributed by atoms with van der Waals surface area (Å²) in [4.78, 5) is 15.4. The van der Waals surface area contributed by atoms with Crippen molar-refractivity contribution in [2.45, 2.75) is 52.6 Å². The Kier molecular flexibility index (Phi) is 7.87. The van der Waals surface area contributed by atoms with Crippen molar-refractivity contribution in [2.75, 3.05) is 40.3 Å². The number of likely N-dealkylation sites (N-methyl/N-ethyl adjacent to an activating group) is 2. The van der Waals surface area contributed by atoms with Gasteiger partial charge in [0.15, 0.2) is 6.54 Å². The molecule has 152 valence electrons. The van der Waals surface area contributed by atoms with Crippen molar-refractivity contribution in [2.24, 2.45) is 11.8 Å². The van der Waals surface area contributed by atoms with Crippen LogP contribution in [0.4, 0.5) is 0 Å². The van der Waals surface area contributed by atoms with Crippen LogP contribution in [0.2, 0.25) is 0 Å². The summed E-state index contributed by atoms with van der Waals surface area (Å²) in [6.07, 6.45) is 2.07. The quantitative estimate of drug-likeness (QED) is 0.673. The van der Waals surface area contributed by atoms with Crippen molar-refractivity contribution in [1.82, 2.24) is 10.2 Å². The van der Waals surface area contributed by atoms with Gasteiger partial charge in [0.1, 0.15) is 12.6 Å². The minimum absolute atomic E-state index is 0.324. The summed E-state index contributed by atoms with van der Waals surface area (Å²) < 4.78 is 0.857. The molecule has 0 saturated carbocycles. The first-order valence-corrected chi connectivity index (χ1v) is 10.6.